The smallest absolute Gasteiger partial charge is 0.262 e. The Hall–Kier alpha value is -1.97. The summed E-state index contributed by atoms with van der Waals surface area (Å²) in [4.78, 5) is 19.0. The minimum atomic E-state index is -3.74. The second-order valence-electron chi connectivity index (χ2n) is 7.74. The standard InChI is InChI=1S/C20H30N4O4S/c1-15-14-28-16(2)12-24(15)13-20(25)22-17-7-6-8-18(11-17)29(26,27)23-19-9-4-3-5-10-21-19/h6-8,11,15-16H,3-5,9-10,12-14H2,1-2H3,(H,21,23)(H,22,25). The fourth-order valence-corrected chi connectivity index (χ4v) is 4.62. The number of carbonyl (C=O) groups is 1. The van der Waals surface area contributed by atoms with Crippen LogP contribution < -0.4 is 10.0 Å². The summed E-state index contributed by atoms with van der Waals surface area (Å²) in [5.41, 5.74) is 0.453. The molecular weight excluding hydrogens is 392 g/mol. The van der Waals surface area contributed by atoms with Crippen molar-refractivity contribution in [1.29, 1.82) is 0 Å². The lowest BCUT2D eigenvalue weighted by Gasteiger charge is -2.36. The predicted octanol–water partition coefficient (Wildman–Crippen LogP) is 1.99. The highest BCUT2D eigenvalue weighted by atomic mass is 32.2. The predicted molar refractivity (Wildman–Crippen MR) is 113 cm³/mol. The molecule has 1 fully saturated rings. The van der Waals surface area contributed by atoms with Gasteiger partial charge in [-0.3, -0.25) is 19.4 Å². The van der Waals surface area contributed by atoms with Crippen molar-refractivity contribution in [2.45, 2.75) is 56.6 Å². The van der Waals surface area contributed by atoms with Crippen LogP contribution in [0, 0.1) is 0 Å². The van der Waals surface area contributed by atoms with Crippen LogP contribution in [-0.2, 0) is 19.6 Å². The summed E-state index contributed by atoms with van der Waals surface area (Å²) in [6, 6.07) is 6.46. The van der Waals surface area contributed by atoms with Crippen LogP contribution in [0.4, 0.5) is 5.69 Å². The zero-order valence-electron chi connectivity index (χ0n) is 17.1. The van der Waals surface area contributed by atoms with Crippen molar-refractivity contribution in [2.75, 3.05) is 31.6 Å². The number of amidine groups is 1. The zero-order chi connectivity index (χ0) is 20.9. The Balaban J connectivity index is 1.64. The molecule has 2 N–H and O–H groups in total. The van der Waals surface area contributed by atoms with Gasteiger partial charge < -0.3 is 10.1 Å². The lowest BCUT2D eigenvalue weighted by Crippen LogP contribution is -2.50. The van der Waals surface area contributed by atoms with E-state index in [1.54, 1.807) is 12.1 Å². The first kappa shape index (κ1) is 21.7. The van der Waals surface area contributed by atoms with Crippen molar-refractivity contribution in [3.63, 3.8) is 0 Å². The van der Waals surface area contributed by atoms with Crippen LogP contribution in [0.2, 0.25) is 0 Å². The number of morpholine rings is 1. The van der Waals surface area contributed by atoms with Crippen LogP contribution in [0.15, 0.2) is 34.2 Å². The highest BCUT2D eigenvalue weighted by Crippen LogP contribution is 2.17. The molecule has 2 unspecified atom stereocenters. The summed E-state index contributed by atoms with van der Waals surface area (Å²) >= 11 is 0. The summed E-state index contributed by atoms with van der Waals surface area (Å²) in [6.45, 7) is 6.17. The van der Waals surface area contributed by atoms with Crippen molar-refractivity contribution in [3.05, 3.63) is 24.3 Å². The van der Waals surface area contributed by atoms with Gasteiger partial charge in [-0.2, -0.15) is 0 Å². The van der Waals surface area contributed by atoms with Crippen molar-refractivity contribution in [1.82, 2.24) is 9.62 Å². The fraction of sp³-hybridized carbons (Fsp3) is 0.600. The molecule has 29 heavy (non-hydrogen) atoms. The second kappa shape index (κ2) is 9.69. The Bertz CT molecular complexity index is 856. The number of sulfonamides is 1. The van der Waals surface area contributed by atoms with Gasteiger partial charge in [0.1, 0.15) is 5.84 Å². The van der Waals surface area contributed by atoms with Crippen LogP contribution >= 0.6 is 0 Å². The summed E-state index contributed by atoms with van der Waals surface area (Å²) < 4.78 is 33.6. The average molecular weight is 423 g/mol. The maximum absolute atomic E-state index is 12.7. The highest BCUT2D eigenvalue weighted by molar-refractivity contribution is 7.90. The normalized spacial score (nSPS) is 23.7. The first-order valence-corrected chi connectivity index (χ1v) is 11.6. The van der Waals surface area contributed by atoms with E-state index in [-0.39, 0.29) is 29.5 Å². The summed E-state index contributed by atoms with van der Waals surface area (Å²) in [6.07, 6.45) is 3.68. The third kappa shape index (κ3) is 6.25. The molecule has 2 aliphatic rings. The summed E-state index contributed by atoms with van der Waals surface area (Å²) in [5, 5.41) is 2.81. The van der Waals surface area contributed by atoms with Crippen LogP contribution in [0.3, 0.4) is 0 Å². The van der Waals surface area contributed by atoms with Crippen LogP contribution in [-0.4, -0.2) is 63.4 Å². The Morgan fingerprint density at radius 1 is 1.28 bits per heavy atom. The molecule has 0 aromatic heterocycles. The van der Waals surface area contributed by atoms with Gasteiger partial charge >= 0.3 is 0 Å². The van der Waals surface area contributed by atoms with Crippen molar-refractivity contribution in [2.24, 2.45) is 4.99 Å². The third-order valence-electron chi connectivity index (χ3n) is 5.14. The topological polar surface area (TPSA) is 100 Å². The van der Waals surface area contributed by atoms with E-state index >= 15 is 0 Å². The van der Waals surface area contributed by atoms with E-state index in [4.69, 9.17) is 4.74 Å². The molecule has 0 bridgehead atoms. The minimum absolute atomic E-state index is 0.0884. The molecule has 1 aromatic rings. The largest absolute Gasteiger partial charge is 0.376 e. The van der Waals surface area contributed by atoms with E-state index in [2.05, 4.69) is 19.9 Å². The van der Waals surface area contributed by atoms with Gasteiger partial charge in [0.05, 0.1) is 24.2 Å². The van der Waals surface area contributed by atoms with Crippen LogP contribution in [0.25, 0.3) is 0 Å². The van der Waals surface area contributed by atoms with Gasteiger partial charge in [0.25, 0.3) is 10.0 Å². The monoisotopic (exact) mass is 422 g/mol. The maximum atomic E-state index is 12.7. The molecule has 1 saturated heterocycles. The van der Waals surface area contributed by atoms with Crippen molar-refractivity contribution >= 4 is 27.5 Å². The van der Waals surface area contributed by atoms with E-state index in [1.807, 2.05) is 13.8 Å². The quantitative estimate of drug-likeness (QED) is 0.756. The molecule has 0 saturated carbocycles. The number of aliphatic imine (C=N–C) groups is 1. The number of carbonyl (C=O) groups excluding carboxylic acids is 1. The van der Waals surface area contributed by atoms with Gasteiger partial charge in [-0.15, -0.1) is 0 Å². The van der Waals surface area contributed by atoms with Crippen molar-refractivity contribution < 1.29 is 17.9 Å². The highest BCUT2D eigenvalue weighted by Gasteiger charge is 2.25. The number of amides is 1. The maximum Gasteiger partial charge on any atom is 0.262 e. The third-order valence-corrected chi connectivity index (χ3v) is 6.52. The number of benzene rings is 1. The molecule has 0 spiro atoms. The lowest BCUT2D eigenvalue weighted by atomic mass is 10.2. The fourth-order valence-electron chi connectivity index (χ4n) is 3.49. The molecule has 160 valence electrons. The SMILES string of the molecule is CC1CN(CC(=O)Nc2cccc(S(=O)(=O)NC3=NCCCCC3)c2)C(C)CO1. The average Bonchev–Trinajstić information content (AvgIpc) is 2.93. The number of hydrogen-bond donors (Lipinski definition) is 2. The van der Waals surface area contributed by atoms with Gasteiger partial charge in [-0.25, -0.2) is 8.42 Å². The summed E-state index contributed by atoms with van der Waals surface area (Å²) in [5.74, 6) is 0.328. The lowest BCUT2D eigenvalue weighted by molar-refractivity contribution is -0.121. The number of ether oxygens (including phenoxy) is 1. The molecule has 1 amide bonds. The molecule has 1 aromatic carbocycles. The second-order valence-corrected chi connectivity index (χ2v) is 9.43. The van der Waals surface area contributed by atoms with Crippen molar-refractivity contribution in [3.8, 4) is 0 Å². The Morgan fingerprint density at radius 3 is 2.93 bits per heavy atom. The molecule has 0 aliphatic carbocycles. The molecule has 2 heterocycles. The van der Waals surface area contributed by atoms with E-state index in [0.717, 1.165) is 19.3 Å². The molecule has 2 aliphatic heterocycles. The Labute approximate surface area is 172 Å². The first-order chi connectivity index (χ1) is 13.8. The number of nitrogens with zero attached hydrogens (tertiary/aromatic N) is 2. The molecule has 2 atom stereocenters. The molecule has 8 nitrogen and oxygen atoms in total. The number of hydrogen-bond acceptors (Lipinski definition) is 6. The van der Waals surface area contributed by atoms with Gasteiger partial charge in [0.2, 0.25) is 5.91 Å². The molecule has 0 radical (unpaired) electrons. The van der Waals surface area contributed by atoms with E-state index in [1.165, 1.54) is 12.1 Å². The number of nitrogens with one attached hydrogen (secondary N) is 2. The van der Waals surface area contributed by atoms with Gasteiger partial charge in [0, 0.05) is 31.2 Å². The summed E-state index contributed by atoms with van der Waals surface area (Å²) in [7, 11) is -3.74. The van der Waals surface area contributed by atoms with E-state index < -0.39 is 10.0 Å². The van der Waals surface area contributed by atoms with Gasteiger partial charge in [-0.05, 0) is 44.9 Å². The Kier molecular flexibility index (Phi) is 7.26. The van der Waals surface area contributed by atoms with Crippen LogP contribution in [0.1, 0.15) is 39.5 Å². The Morgan fingerprint density at radius 2 is 2.10 bits per heavy atom. The number of anilines is 1. The number of rotatable bonds is 5. The molecule has 3 rings (SSSR count). The molecular formula is C20H30N4O4S. The molecule has 9 heteroatoms. The van der Waals surface area contributed by atoms with Gasteiger partial charge in [0.15, 0.2) is 0 Å². The minimum Gasteiger partial charge on any atom is -0.376 e. The van der Waals surface area contributed by atoms with Crippen LogP contribution in [0.5, 0.6) is 0 Å². The van der Waals surface area contributed by atoms with E-state index in [0.29, 0.717) is 37.6 Å². The van der Waals surface area contributed by atoms with E-state index in [9.17, 15) is 13.2 Å². The zero-order valence-corrected chi connectivity index (χ0v) is 17.9. The first-order valence-electron chi connectivity index (χ1n) is 10.2. The van der Waals surface area contributed by atoms with Gasteiger partial charge in [-0.1, -0.05) is 12.5 Å².